The van der Waals surface area contributed by atoms with Crippen molar-refractivity contribution in [1.29, 1.82) is 0 Å². The Morgan fingerprint density at radius 1 is 0.960 bits per heavy atom. The van der Waals surface area contributed by atoms with E-state index in [1.807, 2.05) is 0 Å². The summed E-state index contributed by atoms with van der Waals surface area (Å²) in [5, 5.41) is 6.93. The molecule has 2 rings (SSSR count). The van der Waals surface area contributed by atoms with Crippen LogP contribution < -0.4 is 0 Å². The number of carboxylic acids is 1. The molecule has 25 heavy (non-hydrogen) atoms. The smallest absolute Gasteiger partial charge is 0.321 e. The van der Waals surface area contributed by atoms with Gasteiger partial charge in [-0.15, -0.1) is 11.6 Å². The number of halogens is 8. The first kappa shape index (κ1) is 19.4. The Morgan fingerprint density at radius 3 is 1.92 bits per heavy atom. The Labute approximate surface area is 146 Å². The summed E-state index contributed by atoms with van der Waals surface area (Å²) in [6, 6.07) is 1.25. The van der Waals surface area contributed by atoms with E-state index in [4.69, 9.17) is 28.3 Å². The first-order chi connectivity index (χ1) is 11.6. The summed E-state index contributed by atoms with van der Waals surface area (Å²) >= 11 is 11.2. The maximum atomic E-state index is 14.0. The first-order valence-electron chi connectivity index (χ1n) is 6.42. The molecule has 10 heteroatoms. The molecule has 2 aromatic rings. The molecule has 0 aliphatic heterocycles. The monoisotopic (exact) mass is 402 g/mol. The first-order valence-corrected chi connectivity index (χ1v) is 7.24. The SMILES string of the molecule is O=C(O)C(Cl)Cc1cc(-c2c(F)c(F)c(F)c(F)c2F)c(F)cc1Cl. The van der Waals surface area contributed by atoms with E-state index in [0.717, 1.165) is 0 Å². The minimum absolute atomic E-state index is 0.149. The van der Waals surface area contributed by atoms with Gasteiger partial charge in [0.25, 0.3) is 0 Å². The summed E-state index contributed by atoms with van der Waals surface area (Å²) in [7, 11) is 0. The predicted octanol–water partition coefficient (Wildman–Crippen LogP) is 5.08. The number of hydrogen-bond donors (Lipinski definition) is 1. The quantitative estimate of drug-likeness (QED) is 0.335. The molecule has 0 aliphatic rings. The van der Waals surface area contributed by atoms with Gasteiger partial charge >= 0.3 is 5.97 Å². The second-order valence-electron chi connectivity index (χ2n) is 4.88. The topological polar surface area (TPSA) is 37.3 Å². The fraction of sp³-hybridized carbons (Fsp3) is 0.133. The van der Waals surface area contributed by atoms with Crippen molar-refractivity contribution in [2.45, 2.75) is 11.8 Å². The van der Waals surface area contributed by atoms with Crippen LogP contribution in [0, 0.1) is 34.9 Å². The van der Waals surface area contributed by atoms with Gasteiger partial charge in [0, 0.05) is 17.0 Å². The highest BCUT2D eigenvalue weighted by Gasteiger charge is 2.29. The number of alkyl halides is 1. The van der Waals surface area contributed by atoms with Crippen molar-refractivity contribution in [3.63, 3.8) is 0 Å². The lowest BCUT2D eigenvalue weighted by atomic mass is 9.98. The Bertz CT molecular complexity index is 843. The van der Waals surface area contributed by atoms with Crippen molar-refractivity contribution in [3.05, 3.63) is 57.6 Å². The minimum Gasteiger partial charge on any atom is -0.480 e. The van der Waals surface area contributed by atoms with Crippen LogP contribution in [0.4, 0.5) is 26.3 Å². The van der Waals surface area contributed by atoms with Crippen LogP contribution in [0.5, 0.6) is 0 Å². The lowest BCUT2D eigenvalue weighted by Gasteiger charge is -2.13. The maximum Gasteiger partial charge on any atom is 0.321 e. The molecule has 2 nitrogen and oxygen atoms in total. The summed E-state index contributed by atoms with van der Waals surface area (Å²) in [5.74, 6) is -14.2. The number of benzene rings is 2. The lowest BCUT2D eigenvalue weighted by molar-refractivity contribution is -0.136. The van der Waals surface area contributed by atoms with Gasteiger partial charge in [0.1, 0.15) is 11.2 Å². The van der Waals surface area contributed by atoms with E-state index in [1.54, 1.807) is 0 Å². The molecule has 0 fully saturated rings. The Hall–Kier alpha value is -1.93. The van der Waals surface area contributed by atoms with E-state index in [2.05, 4.69) is 0 Å². The summed E-state index contributed by atoms with van der Waals surface area (Å²) in [4.78, 5) is 10.8. The van der Waals surface area contributed by atoms with Gasteiger partial charge in [-0.2, -0.15) is 0 Å². The number of aliphatic carboxylic acids is 1. The zero-order chi connectivity index (χ0) is 19.0. The van der Waals surface area contributed by atoms with Crippen molar-refractivity contribution in [2.75, 3.05) is 0 Å². The highest BCUT2D eigenvalue weighted by molar-refractivity contribution is 6.32. The number of rotatable bonds is 4. The lowest BCUT2D eigenvalue weighted by Crippen LogP contribution is -2.16. The van der Waals surface area contributed by atoms with E-state index in [0.29, 0.717) is 12.1 Å². The van der Waals surface area contributed by atoms with Crippen molar-refractivity contribution in [2.24, 2.45) is 0 Å². The largest absolute Gasteiger partial charge is 0.480 e. The number of carbonyl (C=O) groups is 1. The van der Waals surface area contributed by atoms with Crippen molar-refractivity contribution in [1.82, 2.24) is 0 Å². The molecule has 134 valence electrons. The van der Waals surface area contributed by atoms with Gasteiger partial charge in [-0.1, -0.05) is 11.6 Å². The molecule has 0 heterocycles. The third-order valence-electron chi connectivity index (χ3n) is 3.28. The van der Waals surface area contributed by atoms with Crippen molar-refractivity contribution >= 4 is 29.2 Å². The van der Waals surface area contributed by atoms with Gasteiger partial charge in [0.05, 0.1) is 5.56 Å². The zero-order valence-corrected chi connectivity index (χ0v) is 13.3. The van der Waals surface area contributed by atoms with Gasteiger partial charge < -0.3 is 5.11 Å². The predicted molar refractivity (Wildman–Crippen MR) is 77.6 cm³/mol. The summed E-state index contributed by atoms with van der Waals surface area (Å²) in [6.07, 6.45) is -0.474. The van der Waals surface area contributed by atoms with Crippen LogP contribution in [-0.2, 0) is 11.2 Å². The normalized spacial score (nSPS) is 12.3. The summed E-state index contributed by atoms with van der Waals surface area (Å²) in [5.41, 5.74) is -2.61. The van der Waals surface area contributed by atoms with Crippen LogP contribution in [0.25, 0.3) is 11.1 Å². The molecule has 0 aromatic heterocycles. The highest BCUT2D eigenvalue weighted by atomic mass is 35.5. The molecule has 1 N–H and O–H groups in total. The summed E-state index contributed by atoms with van der Waals surface area (Å²) in [6.45, 7) is 0. The molecule has 1 unspecified atom stereocenters. The van der Waals surface area contributed by atoms with Gasteiger partial charge in [-0.05, 0) is 17.7 Å². The second-order valence-corrected chi connectivity index (χ2v) is 5.81. The van der Waals surface area contributed by atoms with Gasteiger partial charge in [-0.3, -0.25) is 4.79 Å². The van der Waals surface area contributed by atoms with Crippen LogP contribution >= 0.6 is 23.2 Å². The molecular weight excluding hydrogens is 397 g/mol. The molecule has 0 bridgehead atoms. The molecule has 0 aliphatic carbocycles. The molecule has 1 atom stereocenters. The van der Waals surface area contributed by atoms with Crippen molar-refractivity contribution in [3.8, 4) is 11.1 Å². The molecule has 0 spiro atoms. The van der Waals surface area contributed by atoms with Crippen LogP contribution in [0.2, 0.25) is 5.02 Å². The fourth-order valence-corrected chi connectivity index (χ4v) is 2.46. The minimum atomic E-state index is -2.39. The average Bonchev–Trinajstić information content (AvgIpc) is 2.54. The van der Waals surface area contributed by atoms with E-state index < -0.39 is 63.8 Å². The van der Waals surface area contributed by atoms with Gasteiger partial charge in [-0.25, -0.2) is 26.3 Å². The summed E-state index contributed by atoms with van der Waals surface area (Å²) < 4.78 is 81.4. The fourth-order valence-electron chi connectivity index (χ4n) is 2.06. The van der Waals surface area contributed by atoms with E-state index in [1.165, 1.54) is 0 Å². The molecule has 0 saturated carbocycles. The van der Waals surface area contributed by atoms with Gasteiger partial charge in [0.2, 0.25) is 5.82 Å². The Kier molecular flexibility index (Phi) is 5.53. The van der Waals surface area contributed by atoms with E-state index >= 15 is 0 Å². The molecule has 0 amide bonds. The van der Waals surface area contributed by atoms with Crippen molar-refractivity contribution < 1.29 is 36.2 Å². The highest BCUT2D eigenvalue weighted by Crippen LogP contribution is 2.35. The van der Waals surface area contributed by atoms with Gasteiger partial charge in [0.15, 0.2) is 23.3 Å². The molecular formula is C15H6Cl2F6O2. The van der Waals surface area contributed by atoms with E-state index in [-0.39, 0.29) is 10.6 Å². The number of hydrogen-bond acceptors (Lipinski definition) is 1. The molecule has 2 aromatic carbocycles. The molecule has 0 radical (unpaired) electrons. The Balaban J connectivity index is 2.71. The third kappa shape index (κ3) is 3.55. The van der Waals surface area contributed by atoms with Crippen LogP contribution in [0.15, 0.2) is 12.1 Å². The average molecular weight is 403 g/mol. The standard InChI is InChI=1S/C15H6Cl2F6O2/c16-6-3-8(18)5(1-4(6)2-7(17)15(24)25)9-10(19)12(21)14(23)13(22)11(9)20/h1,3,7H,2H2,(H,24,25). The number of carboxylic acid groups (broad SMARTS) is 1. The third-order valence-corrected chi connectivity index (χ3v) is 3.98. The maximum absolute atomic E-state index is 14.0. The van der Waals surface area contributed by atoms with Crippen LogP contribution in [-0.4, -0.2) is 16.5 Å². The zero-order valence-electron chi connectivity index (χ0n) is 11.8. The van der Waals surface area contributed by atoms with E-state index in [9.17, 15) is 31.1 Å². The Morgan fingerprint density at radius 2 is 1.44 bits per heavy atom. The molecule has 0 saturated heterocycles. The second kappa shape index (κ2) is 7.13. The van der Waals surface area contributed by atoms with Crippen LogP contribution in [0.1, 0.15) is 5.56 Å². The van der Waals surface area contributed by atoms with Crippen LogP contribution in [0.3, 0.4) is 0 Å².